The topological polar surface area (TPSA) is 65.0 Å². The third kappa shape index (κ3) is 3.64. The summed E-state index contributed by atoms with van der Waals surface area (Å²) in [6.07, 6.45) is 5.32. The molecule has 142 valence electrons. The number of aromatic nitrogens is 3. The van der Waals surface area contributed by atoms with Crippen LogP contribution in [0.25, 0.3) is 22.1 Å². The number of thioether (sulfide) groups is 1. The van der Waals surface area contributed by atoms with E-state index in [1.54, 1.807) is 17.5 Å². The molecule has 3 heterocycles. The molecule has 0 spiro atoms. The first kappa shape index (κ1) is 17.7. The van der Waals surface area contributed by atoms with Gasteiger partial charge in [0.2, 0.25) is 5.89 Å². The molecule has 1 aliphatic carbocycles. The second-order valence-corrected chi connectivity index (χ2v) is 9.12. The maximum Gasteiger partial charge on any atom is 0.277 e. The molecule has 1 atom stereocenters. The predicted octanol–water partition coefficient (Wildman–Crippen LogP) is 5.87. The van der Waals surface area contributed by atoms with Crippen LogP contribution in [-0.2, 0) is 18.6 Å². The van der Waals surface area contributed by atoms with Crippen LogP contribution in [0.1, 0.15) is 29.7 Å². The Morgan fingerprint density at radius 2 is 2.07 bits per heavy atom. The van der Waals surface area contributed by atoms with Crippen LogP contribution in [0, 0.1) is 5.92 Å². The van der Waals surface area contributed by atoms with E-state index in [-0.39, 0.29) is 0 Å². The van der Waals surface area contributed by atoms with Gasteiger partial charge in [0.15, 0.2) is 5.76 Å². The average Bonchev–Trinajstić information content (AvgIpc) is 3.45. The molecule has 1 aliphatic rings. The Bertz CT molecular complexity index is 1080. The minimum absolute atomic E-state index is 0.536. The number of hydrogen-bond donors (Lipinski definition) is 0. The lowest BCUT2D eigenvalue weighted by Crippen LogP contribution is -2.07. The van der Waals surface area contributed by atoms with Gasteiger partial charge < -0.3 is 8.83 Å². The van der Waals surface area contributed by atoms with Gasteiger partial charge in [0.1, 0.15) is 0 Å². The summed E-state index contributed by atoms with van der Waals surface area (Å²) in [5, 5.41) is 8.95. The molecule has 1 unspecified atom stereocenters. The number of fused-ring (bicyclic) bond motifs is 1. The number of oxazole rings is 1. The Labute approximate surface area is 171 Å². The SMILES string of the molecule is CC1CCc2sc(-c3nnc(SCc4ncc(-c5ccccc5)o4)o3)cc2C1. The number of aryl methyl sites for hydroxylation is 1. The zero-order valence-electron chi connectivity index (χ0n) is 15.4. The van der Waals surface area contributed by atoms with Gasteiger partial charge in [0.25, 0.3) is 11.1 Å². The quantitative estimate of drug-likeness (QED) is 0.384. The third-order valence-electron chi connectivity index (χ3n) is 4.88. The van der Waals surface area contributed by atoms with Crippen LogP contribution in [0.3, 0.4) is 0 Å². The highest BCUT2D eigenvalue weighted by atomic mass is 32.2. The second kappa shape index (κ2) is 7.56. The molecule has 0 bridgehead atoms. The Morgan fingerprint density at radius 1 is 1.18 bits per heavy atom. The molecule has 0 amide bonds. The van der Waals surface area contributed by atoms with Crippen LogP contribution in [0.5, 0.6) is 0 Å². The van der Waals surface area contributed by atoms with E-state index in [2.05, 4.69) is 28.2 Å². The molecular formula is C21H19N3O2S2. The van der Waals surface area contributed by atoms with Crippen molar-refractivity contribution < 1.29 is 8.83 Å². The predicted molar refractivity (Wildman–Crippen MR) is 110 cm³/mol. The number of rotatable bonds is 5. The molecule has 3 aromatic heterocycles. The molecule has 0 fully saturated rings. The van der Waals surface area contributed by atoms with E-state index in [1.165, 1.54) is 28.6 Å². The van der Waals surface area contributed by atoms with E-state index in [0.717, 1.165) is 35.0 Å². The van der Waals surface area contributed by atoms with E-state index in [0.29, 0.717) is 22.8 Å². The van der Waals surface area contributed by atoms with Crippen molar-refractivity contribution in [1.29, 1.82) is 0 Å². The molecule has 5 rings (SSSR count). The Kier molecular flexibility index (Phi) is 4.78. The molecule has 4 aromatic rings. The normalized spacial score (nSPS) is 16.2. The lowest BCUT2D eigenvalue weighted by Gasteiger charge is -2.16. The summed E-state index contributed by atoms with van der Waals surface area (Å²) < 4.78 is 11.7. The number of hydrogen-bond acceptors (Lipinski definition) is 7. The summed E-state index contributed by atoms with van der Waals surface area (Å²) in [6, 6.07) is 12.2. The smallest absolute Gasteiger partial charge is 0.277 e. The van der Waals surface area contributed by atoms with Gasteiger partial charge in [-0.2, -0.15) is 0 Å². The maximum absolute atomic E-state index is 5.87. The Morgan fingerprint density at radius 3 is 2.96 bits per heavy atom. The molecule has 7 heteroatoms. The molecule has 0 N–H and O–H groups in total. The highest BCUT2D eigenvalue weighted by molar-refractivity contribution is 7.98. The molecular weight excluding hydrogens is 390 g/mol. The number of thiophene rings is 1. The fourth-order valence-corrected chi connectivity index (χ4v) is 5.16. The summed E-state index contributed by atoms with van der Waals surface area (Å²) >= 11 is 3.22. The van der Waals surface area contributed by atoms with Gasteiger partial charge in [0, 0.05) is 10.4 Å². The van der Waals surface area contributed by atoms with Gasteiger partial charge in [-0.25, -0.2) is 4.98 Å². The lowest BCUT2D eigenvalue weighted by atomic mass is 9.90. The molecule has 5 nitrogen and oxygen atoms in total. The Balaban J connectivity index is 1.26. The zero-order chi connectivity index (χ0) is 18.9. The summed E-state index contributed by atoms with van der Waals surface area (Å²) in [7, 11) is 0. The zero-order valence-corrected chi connectivity index (χ0v) is 17.1. The van der Waals surface area contributed by atoms with Crippen molar-refractivity contribution >= 4 is 23.1 Å². The van der Waals surface area contributed by atoms with Crippen molar-refractivity contribution in [1.82, 2.24) is 15.2 Å². The average molecular weight is 410 g/mol. The van der Waals surface area contributed by atoms with Gasteiger partial charge in [0.05, 0.1) is 16.8 Å². The largest absolute Gasteiger partial charge is 0.440 e. The van der Waals surface area contributed by atoms with Gasteiger partial charge >= 0.3 is 0 Å². The monoisotopic (exact) mass is 409 g/mol. The van der Waals surface area contributed by atoms with Crippen LogP contribution in [0.2, 0.25) is 0 Å². The van der Waals surface area contributed by atoms with Crippen molar-refractivity contribution in [3.8, 4) is 22.1 Å². The van der Waals surface area contributed by atoms with E-state index in [9.17, 15) is 0 Å². The Hall–Kier alpha value is -2.38. The summed E-state index contributed by atoms with van der Waals surface area (Å²) in [5.41, 5.74) is 2.46. The number of nitrogens with zero attached hydrogens (tertiary/aromatic N) is 3. The van der Waals surface area contributed by atoms with Crippen molar-refractivity contribution in [2.75, 3.05) is 0 Å². The molecule has 0 aliphatic heterocycles. The first-order valence-electron chi connectivity index (χ1n) is 9.33. The van der Waals surface area contributed by atoms with Crippen LogP contribution in [0.4, 0.5) is 0 Å². The van der Waals surface area contributed by atoms with Gasteiger partial charge in [-0.05, 0) is 36.8 Å². The summed E-state index contributed by atoms with van der Waals surface area (Å²) in [4.78, 5) is 6.89. The lowest BCUT2D eigenvalue weighted by molar-refractivity contribution is 0.465. The van der Waals surface area contributed by atoms with Crippen molar-refractivity contribution in [2.45, 2.75) is 37.2 Å². The van der Waals surface area contributed by atoms with E-state index in [1.807, 2.05) is 30.3 Å². The molecule has 1 aromatic carbocycles. The van der Waals surface area contributed by atoms with Crippen LogP contribution < -0.4 is 0 Å². The third-order valence-corrected chi connectivity index (χ3v) is 6.91. The van der Waals surface area contributed by atoms with Crippen LogP contribution >= 0.6 is 23.1 Å². The minimum atomic E-state index is 0.536. The van der Waals surface area contributed by atoms with Gasteiger partial charge in [-0.1, -0.05) is 49.0 Å². The standard InChI is InChI=1S/C21H19N3O2S2/c1-13-7-8-17-15(9-13)10-18(28-17)20-23-24-21(26-20)27-12-19-22-11-16(25-19)14-5-3-2-4-6-14/h2-6,10-11,13H,7-9,12H2,1H3. The van der Waals surface area contributed by atoms with Gasteiger partial charge in [-0.3, -0.25) is 0 Å². The molecule has 0 saturated carbocycles. The summed E-state index contributed by atoms with van der Waals surface area (Å²) in [6.45, 7) is 2.31. The maximum atomic E-state index is 5.87. The first-order chi connectivity index (χ1) is 13.7. The minimum Gasteiger partial charge on any atom is -0.440 e. The van der Waals surface area contributed by atoms with Crippen molar-refractivity contribution in [3.05, 3.63) is 58.9 Å². The van der Waals surface area contributed by atoms with Crippen molar-refractivity contribution in [2.24, 2.45) is 5.92 Å². The van der Waals surface area contributed by atoms with E-state index < -0.39 is 0 Å². The number of benzene rings is 1. The summed E-state index contributed by atoms with van der Waals surface area (Å²) in [5.74, 6) is 3.31. The molecule has 0 saturated heterocycles. The van der Waals surface area contributed by atoms with Crippen molar-refractivity contribution in [3.63, 3.8) is 0 Å². The van der Waals surface area contributed by atoms with Crippen LogP contribution in [-0.4, -0.2) is 15.2 Å². The van der Waals surface area contributed by atoms with Gasteiger partial charge in [-0.15, -0.1) is 21.5 Å². The van der Waals surface area contributed by atoms with E-state index in [4.69, 9.17) is 8.83 Å². The first-order valence-corrected chi connectivity index (χ1v) is 11.1. The second-order valence-electron chi connectivity index (χ2n) is 7.05. The fraction of sp³-hybridized carbons (Fsp3) is 0.286. The molecule has 0 radical (unpaired) electrons. The van der Waals surface area contributed by atoms with Crippen LogP contribution in [0.15, 0.2) is 56.7 Å². The fourth-order valence-electron chi connectivity index (χ4n) is 3.42. The van der Waals surface area contributed by atoms with E-state index >= 15 is 0 Å². The highest BCUT2D eigenvalue weighted by Crippen LogP contribution is 2.37. The highest BCUT2D eigenvalue weighted by Gasteiger charge is 2.21. The molecule has 28 heavy (non-hydrogen) atoms.